The zero-order valence-electron chi connectivity index (χ0n) is 16.9. The summed E-state index contributed by atoms with van der Waals surface area (Å²) in [5.41, 5.74) is 2.72. The van der Waals surface area contributed by atoms with Crippen molar-refractivity contribution in [1.82, 2.24) is 9.55 Å². The first-order valence-electron chi connectivity index (χ1n) is 9.88. The topological polar surface area (TPSA) is 87.2 Å². The Balaban J connectivity index is 1.78. The average molecular weight is 468 g/mol. The molecule has 0 unspecified atom stereocenters. The number of carbonyl (C=O) groups excluding carboxylic acids is 1. The summed E-state index contributed by atoms with van der Waals surface area (Å²) in [6.07, 6.45) is 4.31. The molecule has 2 heterocycles. The number of rotatable bonds is 6. The van der Waals surface area contributed by atoms with Gasteiger partial charge < -0.3 is 9.40 Å². The van der Waals surface area contributed by atoms with Crippen LogP contribution in [0.2, 0.25) is 10.0 Å². The Bertz CT molecular complexity index is 1350. The lowest BCUT2D eigenvalue weighted by Crippen LogP contribution is -2.23. The van der Waals surface area contributed by atoms with E-state index in [0.717, 1.165) is 16.8 Å². The zero-order valence-corrected chi connectivity index (χ0v) is 18.4. The number of fused-ring (bicyclic) bond motifs is 1. The number of pyridine rings is 2. The Morgan fingerprint density at radius 2 is 1.94 bits per heavy atom. The van der Waals surface area contributed by atoms with Gasteiger partial charge in [0.2, 0.25) is 5.43 Å². The predicted molar refractivity (Wildman–Crippen MR) is 125 cm³/mol. The number of carbonyl (C=O) groups is 1. The molecule has 0 spiro atoms. The molecule has 4 rings (SSSR count). The number of nitrogens with zero attached hydrogens (tertiary/aromatic N) is 2. The van der Waals surface area contributed by atoms with Gasteiger partial charge >= 0.3 is 5.97 Å². The van der Waals surface area contributed by atoms with Crippen LogP contribution < -0.4 is 11.3 Å². The van der Waals surface area contributed by atoms with Crippen LogP contribution in [0.15, 0.2) is 71.8 Å². The van der Waals surface area contributed by atoms with E-state index in [1.807, 2.05) is 47.0 Å². The molecule has 4 aromatic rings. The van der Waals surface area contributed by atoms with E-state index in [1.54, 1.807) is 18.3 Å². The fraction of sp³-hybridized carbons (Fsp3) is 0.125. The zero-order chi connectivity index (χ0) is 22.7. The molecule has 162 valence electrons. The Morgan fingerprint density at radius 1 is 1.09 bits per heavy atom. The van der Waals surface area contributed by atoms with Crippen LogP contribution in [0, 0.1) is 0 Å². The highest BCUT2D eigenvalue weighted by atomic mass is 35.5. The second kappa shape index (κ2) is 9.53. The number of aromatic nitrogens is 2. The highest BCUT2D eigenvalue weighted by Gasteiger charge is 2.17. The molecule has 0 aliphatic carbocycles. The van der Waals surface area contributed by atoms with Gasteiger partial charge in [-0.1, -0.05) is 47.5 Å². The van der Waals surface area contributed by atoms with E-state index in [0.29, 0.717) is 40.3 Å². The molecular weight excluding hydrogens is 449 g/mol. The van der Waals surface area contributed by atoms with Crippen molar-refractivity contribution in [1.29, 1.82) is 0 Å². The van der Waals surface area contributed by atoms with Gasteiger partial charge in [0, 0.05) is 36.4 Å². The number of aryl methyl sites for hydroxylation is 2. The first-order chi connectivity index (χ1) is 15.5. The molecule has 32 heavy (non-hydrogen) atoms. The normalized spacial score (nSPS) is 11.0. The van der Waals surface area contributed by atoms with Gasteiger partial charge in [-0.05, 0) is 47.9 Å². The lowest BCUT2D eigenvalue weighted by atomic mass is 10.0. The van der Waals surface area contributed by atoms with Gasteiger partial charge in [0.1, 0.15) is 5.56 Å². The third-order valence-electron chi connectivity index (χ3n) is 5.23. The van der Waals surface area contributed by atoms with E-state index in [4.69, 9.17) is 29.1 Å². The van der Waals surface area contributed by atoms with Gasteiger partial charge in [-0.15, -0.1) is 0 Å². The first kappa shape index (κ1) is 22.0. The maximum absolute atomic E-state index is 13.1. The van der Waals surface area contributed by atoms with Crippen LogP contribution >= 0.6 is 23.2 Å². The number of hydrogen-bond acceptors (Lipinski definition) is 5. The first-order valence-corrected chi connectivity index (χ1v) is 10.6. The van der Waals surface area contributed by atoms with Crippen LogP contribution in [0.25, 0.3) is 10.9 Å². The molecular formula is C24H19Cl2N3O3. The van der Waals surface area contributed by atoms with Crippen LogP contribution in [-0.2, 0) is 24.2 Å². The van der Waals surface area contributed by atoms with E-state index in [1.165, 1.54) is 6.20 Å². The van der Waals surface area contributed by atoms with E-state index in [9.17, 15) is 9.59 Å². The summed E-state index contributed by atoms with van der Waals surface area (Å²) >= 11 is 12.4. The summed E-state index contributed by atoms with van der Waals surface area (Å²) in [4.78, 5) is 33.9. The summed E-state index contributed by atoms with van der Waals surface area (Å²) in [6, 6.07) is 16.7. The van der Waals surface area contributed by atoms with Crippen molar-refractivity contribution in [2.45, 2.75) is 19.4 Å². The number of halogens is 2. The third kappa shape index (κ3) is 4.53. The number of benzene rings is 2. The van der Waals surface area contributed by atoms with Crippen molar-refractivity contribution in [2.75, 3.05) is 0 Å². The van der Waals surface area contributed by atoms with Crippen molar-refractivity contribution in [3.63, 3.8) is 0 Å². The average Bonchev–Trinajstić information content (AvgIpc) is 2.82. The maximum Gasteiger partial charge on any atom is 0.362 e. The molecule has 0 saturated heterocycles. The SMILES string of the molecule is NOC(=O)c1cn(CCc2ccccn2)c2ccc(Cc3cccc(Cl)c3Cl)cc2c1=O. The molecule has 0 bridgehead atoms. The van der Waals surface area contributed by atoms with Crippen LogP contribution in [-0.4, -0.2) is 15.5 Å². The lowest BCUT2D eigenvalue weighted by molar-refractivity contribution is 0.0501. The van der Waals surface area contributed by atoms with E-state index >= 15 is 0 Å². The highest BCUT2D eigenvalue weighted by molar-refractivity contribution is 6.42. The molecule has 0 atom stereocenters. The summed E-state index contributed by atoms with van der Waals surface area (Å²) in [6.45, 7) is 0.512. The maximum atomic E-state index is 13.1. The second-order valence-electron chi connectivity index (χ2n) is 7.28. The fourth-order valence-corrected chi connectivity index (χ4v) is 4.02. The third-order valence-corrected chi connectivity index (χ3v) is 6.09. The number of nitrogens with two attached hydrogens (primary N) is 1. The summed E-state index contributed by atoms with van der Waals surface area (Å²) < 4.78 is 1.84. The minimum Gasteiger partial charge on any atom is -0.369 e. The molecule has 2 aromatic carbocycles. The second-order valence-corrected chi connectivity index (χ2v) is 8.07. The molecule has 0 fully saturated rings. The predicted octanol–water partition coefficient (Wildman–Crippen LogP) is 4.57. The molecule has 2 aromatic heterocycles. The molecule has 0 aliphatic rings. The quantitative estimate of drug-likeness (QED) is 0.419. The van der Waals surface area contributed by atoms with Gasteiger partial charge in [0.05, 0.1) is 15.6 Å². The van der Waals surface area contributed by atoms with Crippen LogP contribution in [0.3, 0.4) is 0 Å². The van der Waals surface area contributed by atoms with Crippen molar-refractivity contribution >= 4 is 40.1 Å². The Morgan fingerprint density at radius 3 is 2.69 bits per heavy atom. The molecule has 6 nitrogen and oxygen atoms in total. The molecule has 8 heteroatoms. The fourth-order valence-electron chi connectivity index (χ4n) is 3.63. The standard InChI is InChI=1S/C24H19Cl2N3O3/c25-20-6-3-4-16(22(20)26)12-15-7-8-21-18(13-15)23(30)19(24(31)32-27)14-29(21)11-9-17-5-1-2-10-28-17/h1-8,10,13-14H,9,11-12,27H2. The number of hydrogen-bond donors (Lipinski definition) is 1. The molecule has 0 radical (unpaired) electrons. The van der Waals surface area contributed by atoms with Crippen molar-refractivity contribution in [2.24, 2.45) is 5.90 Å². The molecule has 2 N–H and O–H groups in total. The van der Waals surface area contributed by atoms with E-state index < -0.39 is 11.4 Å². The van der Waals surface area contributed by atoms with Gasteiger partial charge in [-0.2, -0.15) is 5.90 Å². The van der Waals surface area contributed by atoms with Crippen LogP contribution in [0.5, 0.6) is 0 Å². The molecule has 0 amide bonds. The van der Waals surface area contributed by atoms with E-state index in [2.05, 4.69) is 9.82 Å². The minimum atomic E-state index is -0.883. The largest absolute Gasteiger partial charge is 0.369 e. The van der Waals surface area contributed by atoms with Gasteiger partial charge in [0.15, 0.2) is 0 Å². The smallest absolute Gasteiger partial charge is 0.362 e. The Kier molecular flexibility index (Phi) is 6.55. The molecule has 0 saturated carbocycles. The van der Waals surface area contributed by atoms with E-state index in [-0.39, 0.29) is 5.56 Å². The summed E-state index contributed by atoms with van der Waals surface area (Å²) in [7, 11) is 0. The van der Waals surface area contributed by atoms with Gasteiger partial charge in [-0.25, -0.2) is 4.79 Å². The Labute approximate surface area is 194 Å². The van der Waals surface area contributed by atoms with Gasteiger partial charge in [0.25, 0.3) is 0 Å². The summed E-state index contributed by atoms with van der Waals surface area (Å²) in [5.74, 6) is 4.18. The summed E-state index contributed by atoms with van der Waals surface area (Å²) in [5, 5.41) is 1.34. The van der Waals surface area contributed by atoms with Crippen molar-refractivity contribution in [3.05, 3.63) is 110 Å². The minimum absolute atomic E-state index is 0.126. The van der Waals surface area contributed by atoms with Crippen molar-refractivity contribution < 1.29 is 9.63 Å². The van der Waals surface area contributed by atoms with Crippen LogP contribution in [0.4, 0.5) is 0 Å². The van der Waals surface area contributed by atoms with Crippen molar-refractivity contribution in [3.8, 4) is 0 Å². The van der Waals surface area contributed by atoms with Gasteiger partial charge in [-0.3, -0.25) is 9.78 Å². The van der Waals surface area contributed by atoms with Crippen LogP contribution in [0.1, 0.15) is 27.2 Å². The Hall–Kier alpha value is -3.19. The lowest BCUT2D eigenvalue weighted by Gasteiger charge is -2.14. The highest BCUT2D eigenvalue weighted by Crippen LogP contribution is 2.28. The molecule has 0 aliphatic heterocycles. The monoisotopic (exact) mass is 467 g/mol.